The van der Waals surface area contributed by atoms with Gasteiger partial charge in [-0.15, -0.1) is 0 Å². The van der Waals surface area contributed by atoms with Crippen molar-refractivity contribution in [1.29, 1.82) is 0 Å². The van der Waals surface area contributed by atoms with E-state index >= 15 is 0 Å². The molecule has 4 rings (SSSR count). The molecule has 2 aliphatic heterocycles. The van der Waals surface area contributed by atoms with Crippen LogP contribution in [-0.2, 0) is 19.9 Å². The first-order valence-corrected chi connectivity index (χ1v) is 10.4. The number of nitrogens with one attached hydrogen (secondary N) is 1. The number of aliphatic carboxylic acids is 1. The van der Waals surface area contributed by atoms with Gasteiger partial charge >= 0.3 is 5.97 Å². The Bertz CT molecular complexity index is 1040. The van der Waals surface area contributed by atoms with Gasteiger partial charge in [-0.1, -0.05) is 72.8 Å². The fraction of sp³-hybridized carbons (Fsp3) is 0.320. The molecule has 2 aliphatic rings. The summed E-state index contributed by atoms with van der Waals surface area (Å²) >= 11 is 0. The SMILES string of the molecule is CC(C)(C)N1C(=O)C2C(C=Cc3ccccc3)NC(C(=O)O)(c3ccccc3)C2C1=O. The van der Waals surface area contributed by atoms with Crippen molar-refractivity contribution in [2.75, 3.05) is 0 Å². The number of carbonyl (C=O) groups excluding carboxylic acids is 2. The lowest BCUT2D eigenvalue weighted by Crippen LogP contribution is -2.56. The second kappa shape index (κ2) is 7.46. The van der Waals surface area contributed by atoms with E-state index in [4.69, 9.17) is 0 Å². The molecule has 31 heavy (non-hydrogen) atoms. The minimum absolute atomic E-state index is 0.336. The molecule has 6 heteroatoms. The first-order chi connectivity index (χ1) is 14.7. The zero-order chi connectivity index (χ0) is 22.4. The molecule has 2 aromatic carbocycles. The van der Waals surface area contributed by atoms with E-state index in [9.17, 15) is 19.5 Å². The number of hydrogen-bond donors (Lipinski definition) is 2. The quantitative estimate of drug-likeness (QED) is 0.746. The Balaban J connectivity index is 1.86. The van der Waals surface area contributed by atoms with Crippen LogP contribution in [0.25, 0.3) is 6.08 Å². The Labute approximate surface area is 181 Å². The standard InChI is InChI=1S/C25H26N2O4/c1-24(2,3)27-21(28)19-18(15-14-16-10-6-4-7-11-16)26-25(23(30)31,20(19)22(27)29)17-12-8-5-9-13-17/h4-15,18-20,26H,1-3H3,(H,30,31). The molecule has 2 saturated heterocycles. The van der Waals surface area contributed by atoms with Crippen molar-refractivity contribution in [2.45, 2.75) is 37.9 Å². The van der Waals surface area contributed by atoms with Crippen LogP contribution >= 0.6 is 0 Å². The molecule has 2 amide bonds. The van der Waals surface area contributed by atoms with Gasteiger partial charge in [-0.05, 0) is 31.9 Å². The first kappa shape index (κ1) is 21.0. The fourth-order valence-corrected chi connectivity index (χ4v) is 4.84. The molecule has 2 fully saturated rings. The Kier molecular flexibility index (Phi) is 5.06. The number of imide groups is 1. The second-order valence-electron chi connectivity index (χ2n) is 9.11. The fourth-order valence-electron chi connectivity index (χ4n) is 4.84. The molecule has 6 nitrogen and oxygen atoms in total. The lowest BCUT2D eigenvalue weighted by atomic mass is 9.76. The molecule has 2 N–H and O–H groups in total. The zero-order valence-corrected chi connectivity index (χ0v) is 17.8. The van der Waals surface area contributed by atoms with Gasteiger partial charge < -0.3 is 5.11 Å². The third kappa shape index (κ3) is 3.27. The highest BCUT2D eigenvalue weighted by molar-refractivity contribution is 6.10. The van der Waals surface area contributed by atoms with Gasteiger partial charge in [0.05, 0.1) is 11.8 Å². The normalized spacial score (nSPS) is 28.4. The zero-order valence-electron chi connectivity index (χ0n) is 17.8. The first-order valence-electron chi connectivity index (χ1n) is 10.4. The van der Waals surface area contributed by atoms with Crippen LogP contribution in [0.5, 0.6) is 0 Å². The predicted molar refractivity (Wildman–Crippen MR) is 117 cm³/mol. The molecular formula is C25H26N2O4. The van der Waals surface area contributed by atoms with Crippen LogP contribution < -0.4 is 5.32 Å². The molecule has 4 unspecified atom stereocenters. The van der Waals surface area contributed by atoms with Gasteiger partial charge in [0.2, 0.25) is 11.8 Å². The van der Waals surface area contributed by atoms with Gasteiger partial charge in [0, 0.05) is 11.6 Å². The highest BCUT2D eigenvalue weighted by Crippen LogP contribution is 2.50. The van der Waals surface area contributed by atoms with Gasteiger partial charge in [-0.2, -0.15) is 0 Å². The number of rotatable bonds is 4. The summed E-state index contributed by atoms with van der Waals surface area (Å²) in [4.78, 5) is 41.0. The maximum atomic E-state index is 13.5. The average molecular weight is 418 g/mol. The molecule has 4 atom stereocenters. The molecule has 0 bridgehead atoms. The van der Waals surface area contributed by atoms with Gasteiger partial charge in [0.25, 0.3) is 0 Å². The maximum Gasteiger partial charge on any atom is 0.329 e. The van der Waals surface area contributed by atoms with Gasteiger partial charge in [-0.3, -0.25) is 19.8 Å². The van der Waals surface area contributed by atoms with E-state index in [-0.39, 0.29) is 5.91 Å². The van der Waals surface area contributed by atoms with Crippen molar-refractivity contribution in [3.63, 3.8) is 0 Å². The number of carbonyl (C=O) groups is 3. The Morgan fingerprint density at radius 1 is 1.00 bits per heavy atom. The van der Waals surface area contributed by atoms with Gasteiger partial charge in [0.15, 0.2) is 5.54 Å². The van der Waals surface area contributed by atoms with E-state index in [2.05, 4.69) is 5.32 Å². The molecular weight excluding hydrogens is 392 g/mol. The number of carboxylic acid groups (broad SMARTS) is 1. The summed E-state index contributed by atoms with van der Waals surface area (Å²) in [5.74, 6) is -3.79. The van der Waals surface area contributed by atoms with E-state index in [1.54, 1.807) is 57.2 Å². The largest absolute Gasteiger partial charge is 0.480 e. The van der Waals surface area contributed by atoms with Crippen molar-refractivity contribution in [3.05, 3.63) is 77.9 Å². The van der Waals surface area contributed by atoms with E-state index in [1.807, 2.05) is 36.4 Å². The van der Waals surface area contributed by atoms with Crippen molar-refractivity contribution in [2.24, 2.45) is 11.8 Å². The van der Waals surface area contributed by atoms with E-state index in [0.29, 0.717) is 5.56 Å². The molecule has 0 aliphatic carbocycles. The maximum absolute atomic E-state index is 13.5. The van der Waals surface area contributed by atoms with Crippen molar-refractivity contribution in [1.82, 2.24) is 10.2 Å². The third-order valence-corrected chi connectivity index (χ3v) is 6.13. The highest BCUT2D eigenvalue weighted by Gasteiger charge is 2.69. The molecule has 0 spiro atoms. The number of amides is 2. The van der Waals surface area contributed by atoms with Crippen LogP contribution in [0.4, 0.5) is 0 Å². The van der Waals surface area contributed by atoms with Gasteiger partial charge in [-0.25, -0.2) is 4.79 Å². The molecule has 0 radical (unpaired) electrons. The predicted octanol–water partition coefficient (Wildman–Crippen LogP) is 3.05. The minimum Gasteiger partial charge on any atom is -0.480 e. The average Bonchev–Trinajstić information content (AvgIpc) is 3.22. The molecule has 0 saturated carbocycles. The Hall–Kier alpha value is -3.25. The van der Waals surface area contributed by atoms with Crippen LogP contribution in [0.2, 0.25) is 0 Å². The topological polar surface area (TPSA) is 86.7 Å². The number of nitrogens with zero attached hydrogens (tertiary/aromatic N) is 1. The second-order valence-corrected chi connectivity index (χ2v) is 9.11. The van der Waals surface area contributed by atoms with E-state index < -0.39 is 40.8 Å². The summed E-state index contributed by atoms with van der Waals surface area (Å²) in [6.07, 6.45) is 3.66. The third-order valence-electron chi connectivity index (χ3n) is 6.13. The minimum atomic E-state index is -1.69. The van der Waals surface area contributed by atoms with Crippen molar-refractivity contribution >= 4 is 23.9 Å². The van der Waals surface area contributed by atoms with E-state index in [0.717, 1.165) is 5.56 Å². The Morgan fingerprint density at radius 2 is 1.58 bits per heavy atom. The lowest BCUT2D eigenvalue weighted by molar-refractivity contribution is -0.154. The van der Waals surface area contributed by atoms with Crippen LogP contribution in [0, 0.1) is 11.8 Å². The molecule has 160 valence electrons. The van der Waals surface area contributed by atoms with E-state index in [1.165, 1.54) is 4.90 Å². The number of benzene rings is 2. The van der Waals surface area contributed by atoms with Crippen molar-refractivity contribution < 1.29 is 19.5 Å². The summed E-state index contributed by atoms with van der Waals surface area (Å²) in [7, 11) is 0. The number of likely N-dealkylation sites (tertiary alicyclic amines) is 1. The van der Waals surface area contributed by atoms with Crippen molar-refractivity contribution in [3.8, 4) is 0 Å². The number of hydrogen-bond acceptors (Lipinski definition) is 4. The highest BCUT2D eigenvalue weighted by atomic mass is 16.4. The van der Waals surface area contributed by atoms with Crippen LogP contribution in [-0.4, -0.2) is 39.4 Å². The number of fused-ring (bicyclic) bond motifs is 1. The Morgan fingerprint density at radius 3 is 2.13 bits per heavy atom. The molecule has 0 aromatic heterocycles. The smallest absolute Gasteiger partial charge is 0.329 e. The lowest BCUT2D eigenvalue weighted by Gasteiger charge is -2.35. The summed E-state index contributed by atoms with van der Waals surface area (Å²) in [6.45, 7) is 5.37. The molecule has 2 aromatic rings. The van der Waals surface area contributed by atoms with Gasteiger partial charge in [0.1, 0.15) is 0 Å². The monoisotopic (exact) mass is 418 g/mol. The van der Waals surface area contributed by atoms with Crippen LogP contribution in [0.1, 0.15) is 31.9 Å². The summed E-state index contributed by atoms with van der Waals surface area (Å²) < 4.78 is 0. The summed E-state index contributed by atoms with van der Waals surface area (Å²) in [6, 6.07) is 17.6. The van der Waals surface area contributed by atoms with Crippen LogP contribution in [0.15, 0.2) is 66.7 Å². The number of carboxylic acids is 1. The molecule has 2 heterocycles. The summed E-state index contributed by atoms with van der Waals surface area (Å²) in [5, 5.41) is 13.6. The summed E-state index contributed by atoms with van der Waals surface area (Å²) in [5.41, 5.74) is -1.04. The van der Waals surface area contributed by atoms with Crippen LogP contribution in [0.3, 0.4) is 0 Å².